The summed E-state index contributed by atoms with van der Waals surface area (Å²) in [5.41, 5.74) is 3.79. The number of aromatic nitrogens is 4. The number of benzene rings is 1. The highest BCUT2D eigenvalue weighted by atomic mass is 15.5. The van der Waals surface area contributed by atoms with Gasteiger partial charge in [0, 0.05) is 18.0 Å². The van der Waals surface area contributed by atoms with Gasteiger partial charge in [-0.15, -0.1) is 5.10 Å². The molecule has 0 unspecified atom stereocenters. The fourth-order valence-electron chi connectivity index (χ4n) is 1.83. The van der Waals surface area contributed by atoms with Crippen LogP contribution in [0.1, 0.15) is 5.69 Å². The van der Waals surface area contributed by atoms with Crippen molar-refractivity contribution in [1.82, 2.24) is 20.0 Å². The fraction of sp³-hybridized carbons (Fsp3) is 0.0714. The molecule has 18 heavy (non-hydrogen) atoms. The van der Waals surface area contributed by atoms with Gasteiger partial charge in [-0.2, -0.15) is 9.90 Å². The minimum Gasteiger partial charge on any atom is -0.265 e. The molecular weight excluding hydrogens is 224 g/mol. The molecule has 3 aromatic rings. The summed E-state index contributed by atoms with van der Waals surface area (Å²) in [6.07, 6.45) is 3.52. The fourth-order valence-corrected chi connectivity index (χ4v) is 1.83. The Kier molecular flexibility index (Phi) is 2.61. The van der Waals surface area contributed by atoms with Crippen LogP contribution in [0.4, 0.5) is 0 Å². The van der Waals surface area contributed by atoms with Crippen LogP contribution in [-0.4, -0.2) is 20.0 Å². The van der Waals surface area contributed by atoms with Gasteiger partial charge in [-0.1, -0.05) is 18.2 Å². The van der Waals surface area contributed by atoms with Crippen LogP contribution in [0.15, 0.2) is 54.9 Å². The number of para-hydroxylation sites is 1. The molecule has 4 nitrogen and oxygen atoms in total. The molecule has 0 spiro atoms. The zero-order valence-corrected chi connectivity index (χ0v) is 9.99. The van der Waals surface area contributed by atoms with E-state index in [2.05, 4.69) is 15.2 Å². The molecule has 1 aromatic carbocycles. The molecular formula is C14H12N4. The van der Waals surface area contributed by atoms with Crippen LogP contribution in [0.2, 0.25) is 0 Å². The van der Waals surface area contributed by atoms with E-state index in [1.165, 1.54) is 0 Å². The molecule has 2 aromatic heterocycles. The Bertz CT molecular complexity index is 644. The van der Waals surface area contributed by atoms with Gasteiger partial charge in [0.05, 0.1) is 11.4 Å². The topological polar surface area (TPSA) is 43.6 Å². The largest absolute Gasteiger partial charge is 0.265 e. The minimum atomic E-state index is 0.890. The lowest BCUT2D eigenvalue weighted by Gasteiger charge is -1.97. The summed E-state index contributed by atoms with van der Waals surface area (Å²) >= 11 is 0. The van der Waals surface area contributed by atoms with Crippen LogP contribution >= 0.6 is 0 Å². The van der Waals surface area contributed by atoms with Crippen molar-refractivity contribution < 1.29 is 0 Å². The molecule has 0 saturated heterocycles. The van der Waals surface area contributed by atoms with Crippen molar-refractivity contribution in [3.8, 4) is 16.9 Å². The average molecular weight is 236 g/mol. The molecule has 3 rings (SSSR count). The number of hydrogen-bond acceptors (Lipinski definition) is 3. The van der Waals surface area contributed by atoms with Crippen LogP contribution in [0.5, 0.6) is 0 Å². The predicted octanol–water partition coefficient (Wildman–Crippen LogP) is 2.64. The van der Waals surface area contributed by atoms with Gasteiger partial charge in [0.2, 0.25) is 0 Å². The Balaban J connectivity index is 2.07. The van der Waals surface area contributed by atoms with E-state index in [-0.39, 0.29) is 0 Å². The van der Waals surface area contributed by atoms with Crippen molar-refractivity contribution in [2.24, 2.45) is 0 Å². The summed E-state index contributed by atoms with van der Waals surface area (Å²) in [5, 5.41) is 8.97. The first-order valence-electron chi connectivity index (χ1n) is 5.74. The van der Waals surface area contributed by atoms with Crippen LogP contribution in [-0.2, 0) is 0 Å². The standard InChI is InChI=1S/C14H12N4/c1-11-14(12-7-9-15-10-8-12)17-18(16-11)13-5-3-2-4-6-13/h2-10H,1H3. The first kappa shape index (κ1) is 10.7. The highest BCUT2D eigenvalue weighted by molar-refractivity contribution is 5.60. The molecule has 0 saturated carbocycles. The van der Waals surface area contributed by atoms with E-state index in [4.69, 9.17) is 0 Å². The van der Waals surface area contributed by atoms with Crippen LogP contribution in [0.3, 0.4) is 0 Å². The summed E-state index contributed by atoms with van der Waals surface area (Å²) in [6, 6.07) is 13.8. The average Bonchev–Trinajstić information content (AvgIpc) is 2.83. The monoisotopic (exact) mass is 236 g/mol. The number of aryl methyl sites for hydroxylation is 1. The molecule has 88 valence electrons. The van der Waals surface area contributed by atoms with Gasteiger partial charge < -0.3 is 0 Å². The molecule has 0 atom stereocenters. The Labute approximate surface area is 105 Å². The Morgan fingerprint density at radius 2 is 1.61 bits per heavy atom. The first-order valence-corrected chi connectivity index (χ1v) is 5.74. The quantitative estimate of drug-likeness (QED) is 0.687. The lowest BCUT2D eigenvalue weighted by atomic mass is 10.2. The highest BCUT2D eigenvalue weighted by Crippen LogP contribution is 2.19. The summed E-state index contributed by atoms with van der Waals surface area (Å²) in [6.45, 7) is 1.96. The third-order valence-electron chi connectivity index (χ3n) is 2.72. The molecule has 0 aliphatic rings. The van der Waals surface area contributed by atoms with Gasteiger partial charge >= 0.3 is 0 Å². The van der Waals surface area contributed by atoms with Crippen LogP contribution in [0.25, 0.3) is 16.9 Å². The lowest BCUT2D eigenvalue weighted by Crippen LogP contribution is -1.98. The SMILES string of the molecule is Cc1nn(-c2ccccc2)nc1-c1ccncc1. The third-order valence-corrected chi connectivity index (χ3v) is 2.72. The second-order valence-electron chi connectivity index (χ2n) is 3.99. The van der Waals surface area contributed by atoms with Crippen molar-refractivity contribution in [1.29, 1.82) is 0 Å². The Morgan fingerprint density at radius 1 is 0.889 bits per heavy atom. The maximum Gasteiger partial charge on any atom is 0.116 e. The lowest BCUT2D eigenvalue weighted by molar-refractivity contribution is 0.747. The number of rotatable bonds is 2. The molecule has 0 amide bonds. The summed E-state index contributed by atoms with van der Waals surface area (Å²) in [4.78, 5) is 5.67. The summed E-state index contributed by atoms with van der Waals surface area (Å²) in [5.74, 6) is 0. The highest BCUT2D eigenvalue weighted by Gasteiger charge is 2.09. The zero-order valence-electron chi connectivity index (χ0n) is 9.99. The van der Waals surface area contributed by atoms with Gasteiger partial charge in [-0.25, -0.2) is 0 Å². The van der Waals surface area contributed by atoms with Crippen molar-refractivity contribution in [2.75, 3.05) is 0 Å². The van der Waals surface area contributed by atoms with E-state index >= 15 is 0 Å². The van der Waals surface area contributed by atoms with E-state index in [1.54, 1.807) is 17.2 Å². The van der Waals surface area contributed by atoms with Crippen LogP contribution in [0, 0.1) is 6.92 Å². The summed E-state index contributed by atoms with van der Waals surface area (Å²) < 4.78 is 0. The van der Waals surface area contributed by atoms with Gasteiger partial charge in [-0.3, -0.25) is 4.98 Å². The molecule has 4 heteroatoms. The molecule has 0 bridgehead atoms. The second kappa shape index (κ2) is 4.41. The third kappa shape index (κ3) is 1.88. The van der Waals surface area contributed by atoms with Gasteiger partial charge in [0.1, 0.15) is 5.69 Å². The Hall–Kier alpha value is -2.49. The number of nitrogens with zero attached hydrogens (tertiary/aromatic N) is 4. The van der Waals surface area contributed by atoms with Crippen molar-refractivity contribution >= 4 is 0 Å². The number of pyridine rings is 1. The molecule has 0 aliphatic carbocycles. The maximum absolute atomic E-state index is 4.53. The van der Waals surface area contributed by atoms with Gasteiger partial charge in [0.15, 0.2) is 0 Å². The molecule has 2 heterocycles. The van der Waals surface area contributed by atoms with Crippen molar-refractivity contribution in [3.63, 3.8) is 0 Å². The van der Waals surface area contributed by atoms with E-state index < -0.39 is 0 Å². The van der Waals surface area contributed by atoms with Crippen LogP contribution < -0.4 is 0 Å². The van der Waals surface area contributed by atoms with E-state index in [0.717, 1.165) is 22.6 Å². The summed E-state index contributed by atoms with van der Waals surface area (Å²) in [7, 11) is 0. The maximum atomic E-state index is 4.53. The van der Waals surface area contributed by atoms with E-state index in [0.29, 0.717) is 0 Å². The first-order chi connectivity index (χ1) is 8.84. The predicted molar refractivity (Wildman–Crippen MR) is 69.3 cm³/mol. The molecule has 0 N–H and O–H groups in total. The van der Waals surface area contributed by atoms with E-state index in [1.807, 2.05) is 49.4 Å². The molecule has 0 aliphatic heterocycles. The smallest absolute Gasteiger partial charge is 0.116 e. The van der Waals surface area contributed by atoms with Crippen molar-refractivity contribution in [3.05, 3.63) is 60.6 Å². The normalized spacial score (nSPS) is 10.5. The molecule has 0 fully saturated rings. The molecule has 0 radical (unpaired) electrons. The van der Waals surface area contributed by atoms with Crippen molar-refractivity contribution in [2.45, 2.75) is 6.92 Å². The second-order valence-corrected chi connectivity index (χ2v) is 3.99. The van der Waals surface area contributed by atoms with Gasteiger partial charge in [0.25, 0.3) is 0 Å². The number of hydrogen-bond donors (Lipinski definition) is 0. The Morgan fingerprint density at radius 3 is 2.33 bits per heavy atom. The minimum absolute atomic E-state index is 0.890. The van der Waals surface area contributed by atoms with E-state index in [9.17, 15) is 0 Å². The van der Waals surface area contributed by atoms with Gasteiger partial charge in [-0.05, 0) is 31.2 Å². The zero-order chi connectivity index (χ0) is 12.4.